The third-order valence-electron chi connectivity index (χ3n) is 6.05. The van der Waals surface area contributed by atoms with E-state index in [1.807, 2.05) is 41.8 Å². The van der Waals surface area contributed by atoms with Crippen molar-refractivity contribution in [3.05, 3.63) is 67.1 Å². The molecule has 1 aliphatic heterocycles. The SMILES string of the molecule is C[C@@H](Oc1cc(-n2cnc3cc(Br)c(OC4CCNCC4)c(Br)c32)sc1C(N)=O)c1ccccc1Cl. The molecule has 0 radical (unpaired) electrons. The van der Waals surface area contributed by atoms with Gasteiger partial charge in [-0.2, -0.15) is 0 Å². The van der Waals surface area contributed by atoms with Gasteiger partial charge in [0, 0.05) is 16.7 Å². The fourth-order valence-corrected chi connectivity index (χ4v) is 6.92. The Kier molecular flexibility index (Phi) is 7.60. The van der Waals surface area contributed by atoms with Gasteiger partial charge in [-0.05, 0) is 76.8 Å². The van der Waals surface area contributed by atoms with E-state index < -0.39 is 5.91 Å². The number of carbonyl (C=O) groups excluding carboxylic acids is 1. The molecule has 5 rings (SSSR count). The van der Waals surface area contributed by atoms with Gasteiger partial charge in [0.05, 0.1) is 20.0 Å². The molecule has 2 aromatic heterocycles. The minimum atomic E-state index is -0.561. The molecule has 1 aliphatic rings. The van der Waals surface area contributed by atoms with E-state index >= 15 is 0 Å². The summed E-state index contributed by atoms with van der Waals surface area (Å²) in [5.74, 6) is 0.566. The molecule has 4 aromatic rings. The number of primary amides is 1. The van der Waals surface area contributed by atoms with Crippen LogP contribution >= 0.6 is 54.8 Å². The fourth-order valence-electron chi connectivity index (χ4n) is 4.24. The van der Waals surface area contributed by atoms with Crippen molar-refractivity contribution < 1.29 is 14.3 Å². The number of fused-ring (bicyclic) bond motifs is 1. The van der Waals surface area contributed by atoms with Crippen molar-refractivity contribution in [2.45, 2.75) is 32.0 Å². The number of nitrogens with two attached hydrogens (primary N) is 1. The van der Waals surface area contributed by atoms with Crippen molar-refractivity contribution in [2.24, 2.45) is 5.73 Å². The maximum atomic E-state index is 12.3. The third kappa shape index (κ3) is 5.02. The maximum absolute atomic E-state index is 12.3. The van der Waals surface area contributed by atoms with Gasteiger partial charge < -0.3 is 20.5 Å². The zero-order valence-electron chi connectivity index (χ0n) is 19.3. The van der Waals surface area contributed by atoms with Gasteiger partial charge in [-0.3, -0.25) is 9.36 Å². The van der Waals surface area contributed by atoms with Crippen LogP contribution in [0.25, 0.3) is 16.0 Å². The number of benzene rings is 2. The molecule has 1 atom stereocenters. The normalized spacial score (nSPS) is 15.2. The van der Waals surface area contributed by atoms with Crippen LogP contribution in [-0.2, 0) is 0 Å². The number of halogens is 3. The molecule has 11 heteroatoms. The highest BCUT2D eigenvalue weighted by molar-refractivity contribution is 9.11. The first-order valence-electron chi connectivity index (χ1n) is 11.4. The average molecular weight is 655 g/mol. The van der Waals surface area contributed by atoms with E-state index in [1.165, 1.54) is 11.3 Å². The molecule has 1 saturated heterocycles. The number of piperidine rings is 1. The second-order valence-corrected chi connectivity index (χ2v) is 11.6. The molecular weight excluding hydrogens is 632 g/mol. The highest BCUT2D eigenvalue weighted by Gasteiger charge is 2.24. The summed E-state index contributed by atoms with van der Waals surface area (Å²) < 4.78 is 16.1. The number of nitrogens with zero attached hydrogens (tertiary/aromatic N) is 2. The summed E-state index contributed by atoms with van der Waals surface area (Å²) in [5.41, 5.74) is 8.13. The van der Waals surface area contributed by atoms with Crippen LogP contribution in [0.15, 0.2) is 51.7 Å². The molecule has 3 N–H and O–H groups in total. The molecule has 0 spiro atoms. The Balaban J connectivity index is 1.53. The third-order valence-corrected chi connectivity index (χ3v) is 8.85. The van der Waals surface area contributed by atoms with Crippen LogP contribution in [0.1, 0.15) is 41.1 Å². The van der Waals surface area contributed by atoms with Gasteiger partial charge >= 0.3 is 0 Å². The second kappa shape index (κ2) is 10.7. The number of hydrogen-bond donors (Lipinski definition) is 2. The monoisotopic (exact) mass is 652 g/mol. The Morgan fingerprint density at radius 1 is 1.28 bits per heavy atom. The van der Waals surface area contributed by atoms with Crippen LogP contribution in [0, 0.1) is 0 Å². The Morgan fingerprint density at radius 2 is 2.03 bits per heavy atom. The lowest BCUT2D eigenvalue weighted by Gasteiger charge is -2.25. The van der Waals surface area contributed by atoms with Crippen molar-refractivity contribution in [1.82, 2.24) is 14.9 Å². The lowest BCUT2D eigenvalue weighted by atomic mass is 10.1. The number of hydrogen-bond acceptors (Lipinski definition) is 6. The number of thiophene rings is 1. The minimum Gasteiger partial charge on any atom is -0.488 e. The number of carbonyl (C=O) groups is 1. The van der Waals surface area contributed by atoms with Crippen molar-refractivity contribution >= 4 is 71.7 Å². The Hall–Kier alpha value is -2.11. The summed E-state index contributed by atoms with van der Waals surface area (Å²) in [6, 6.07) is 11.2. The second-order valence-electron chi connectivity index (χ2n) is 8.47. The molecule has 0 saturated carbocycles. The minimum absolute atomic E-state index is 0.127. The fraction of sp³-hybridized carbons (Fsp3) is 0.280. The summed E-state index contributed by atoms with van der Waals surface area (Å²) in [6.45, 7) is 3.75. The number of imidazole rings is 1. The lowest BCUT2D eigenvalue weighted by molar-refractivity contribution is 0.0998. The first-order valence-corrected chi connectivity index (χ1v) is 14.2. The number of nitrogens with one attached hydrogen (secondary N) is 1. The van der Waals surface area contributed by atoms with Crippen LogP contribution in [0.5, 0.6) is 11.5 Å². The van der Waals surface area contributed by atoms with Gasteiger partial charge in [0.2, 0.25) is 0 Å². The molecule has 36 heavy (non-hydrogen) atoms. The highest BCUT2D eigenvalue weighted by Crippen LogP contribution is 2.43. The van der Waals surface area contributed by atoms with Crippen LogP contribution < -0.4 is 20.5 Å². The van der Waals surface area contributed by atoms with Gasteiger partial charge in [-0.15, -0.1) is 11.3 Å². The summed E-state index contributed by atoms with van der Waals surface area (Å²) in [5, 5.41) is 4.69. The topological polar surface area (TPSA) is 91.4 Å². The van der Waals surface area contributed by atoms with E-state index in [-0.39, 0.29) is 12.2 Å². The Labute approximate surface area is 234 Å². The van der Waals surface area contributed by atoms with Crippen molar-refractivity contribution in [3.8, 4) is 16.5 Å². The van der Waals surface area contributed by atoms with Crippen LogP contribution in [0.2, 0.25) is 5.02 Å². The predicted octanol–water partition coefficient (Wildman–Crippen LogP) is 6.64. The van der Waals surface area contributed by atoms with E-state index in [9.17, 15) is 4.79 Å². The summed E-state index contributed by atoms with van der Waals surface area (Å²) in [7, 11) is 0. The number of rotatable bonds is 7. The van der Waals surface area contributed by atoms with Crippen molar-refractivity contribution in [1.29, 1.82) is 0 Å². The standard InChI is InChI=1S/C25H23Br2ClN4O3S/c1-13(15-4-2-3-5-17(15)28)34-19-11-20(36-24(19)25(29)33)32-12-31-18-10-16(26)23(21(27)22(18)32)35-14-6-8-30-9-7-14/h2-5,10-14,30H,6-9H2,1H3,(H2,29,33)/t13-/m1/s1. The summed E-state index contributed by atoms with van der Waals surface area (Å²) in [6.07, 6.45) is 3.34. The largest absolute Gasteiger partial charge is 0.488 e. The number of amides is 1. The number of aromatic nitrogens is 2. The van der Waals surface area contributed by atoms with Gasteiger partial charge in [-0.25, -0.2) is 4.98 Å². The molecule has 0 unspecified atom stereocenters. The molecule has 1 amide bonds. The van der Waals surface area contributed by atoms with E-state index in [1.54, 1.807) is 12.4 Å². The first-order chi connectivity index (χ1) is 17.3. The van der Waals surface area contributed by atoms with Crippen LogP contribution in [-0.4, -0.2) is 34.7 Å². The van der Waals surface area contributed by atoms with Crippen molar-refractivity contribution in [3.63, 3.8) is 0 Å². The molecule has 2 aromatic carbocycles. The Bertz CT molecular complexity index is 1430. The molecule has 1 fully saturated rings. The van der Waals surface area contributed by atoms with Crippen molar-refractivity contribution in [2.75, 3.05) is 13.1 Å². The van der Waals surface area contributed by atoms with E-state index in [4.69, 9.17) is 26.8 Å². The zero-order valence-corrected chi connectivity index (χ0v) is 24.0. The smallest absolute Gasteiger partial charge is 0.262 e. The summed E-state index contributed by atoms with van der Waals surface area (Å²) >= 11 is 15.0. The van der Waals surface area contributed by atoms with Crippen LogP contribution in [0.3, 0.4) is 0 Å². The Morgan fingerprint density at radius 3 is 2.75 bits per heavy atom. The average Bonchev–Trinajstić information content (AvgIpc) is 3.47. The van der Waals surface area contributed by atoms with Gasteiger partial charge in [-0.1, -0.05) is 29.8 Å². The molecule has 3 heterocycles. The van der Waals surface area contributed by atoms with Crippen LogP contribution in [0.4, 0.5) is 0 Å². The molecule has 0 aliphatic carbocycles. The first kappa shape index (κ1) is 25.5. The van der Waals surface area contributed by atoms with E-state index in [0.29, 0.717) is 15.6 Å². The highest BCUT2D eigenvalue weighted by atomic mass is 79.9. The molecule has 0 bridgehead atoms. The predicted molar refractivity (Wildman–Crippen MR) is 150 cm³/mol. The maximum Gasteiger partial charge on any atom is 0.262 e. The van der Waals surface area contributed by atoms with E-state index in [2.05, 4.69) is 42.2 Å². The molecule has 7 nitrogen and oxygen atoms in total. The summed E-state index contributed by atoms with van der Waals surface area (Å²) in [4.78, 5) is 17.2. The molecular formula is C25H23Br2ClN4O3S. The zero-order chi connectivity index (χ0) is 25.4. The quantitative estimate of drug-likeness (QED) is 0.233. The number of ether oxygens (including phenoxy) is 2. The van der Waals surface area contributed by atoms with Gasteiger partial charge in [0.15, 0.2) is 0 Å². The van der Waals surface area contributed by atoms with E-state index in [0.717, 1.165) is 62.2 Å². The van der Waals surface area contributed by atoms with Gasteiger partial charge in [0.1, 0.15) is 39.9 Å². The van der Waals surface area contributed by atoms with Gasteiger partial charge in [0.25, 0.3) is 5.91 Å². The molecule has 188 valence electrons. The lowest BCUT2D eigenvalue weighted by Crippen LogP contribution is -2.34.